The maximum atomic E-state index is 8.24. The van der Waals surface area contributed by atoms with Crippen molar-refractivity contribution in [3.8, 4) is 6.07 Å². The van der Waals surface area contributed by atoms with Crippen molar-refractivity contribution in [2.24, 2.45) is 0 Å². The van der Waals surface area contributed by atoms with Crippen LogP contribution in [0, 0.1) is 11.3 Å². The van der Waals surface area contributed by atoms with Crippen molar-refractivity contribution >= 4 is 17.0 Å². The van der Waals surface area contributed by atoms with Crippen molar-refractivity contribution in [2.75, 3.05) is 27.0 Å². The van der Waals surface area contributed by atoms with Gasteiger partial charge in [-0.05, 0) is 29.1 Å². The minimum Gasteiger partial charge on any atom is -0.342 e. The summed E-state index contributed by atoms with van der Waals surface area (Å²) in [5.41, 5.74) is 0. The number of hydrogen-bond donors (Lipinski definition) is 0. The SMILES string of the molecule is CPN(C)P(C)OCCC#N. The molecule has 0 aromatic carbocycles. The summed E-state index contributed by atoms with van der Waals surface area (Å²) >= 11 is 0. The van der Waals surface area contributed by atoms with Crippen LogP contribution in [0.4, 0.5) is 0 Å². The zero-order chi connectivity index (χ0) is 8.69. The van der Waals surface area contributed by atoms with Crippen molar-refractivity contribution in [1.82, 2.24) is 4.44 Å². The third-order valence-electron chi connectivity index (χ3n) is 1.24. The molecule has 11 heavy (non-hydrogen) atoms. The number of rotatable bonds is 5. The largest absolute Gasteiger partial charge is 0.342 e. The van der Waals surface area contributed by atoms with Gasteiger partial charge in [-0.25, -0.2) is 4.44 Å². The van der Waals surface area contributed by atoms with Crippen LogP contribution in [0.5, 0.6) is 0 Å². The maximum absolute atomic E-state index is 8.24. The van der Waals surface area contributed by atoms with Gasteiger partial charge in [-0.2, -0.15) is 5.26 Å². The second-order valence-corrected chi connectivity index (χ2v) is 5.23. The predicted molar refractivity (Wildman–Crippen MR) is 51.0 cm³/mol. The summed E-state index contributed by atoms with van der Waals surface area (Å²) in [6.45, 7) is 4.74. The first-order valence-corrected chi connectivity index (χ1v) is 6.47. The van der Waals surface area contributed by atoms with Gasteiger partial charge in [-0.15, -0.1) is 0 Å². The number of hydrogen-bond acceptors (Lipinski definition) is 3. The van der Waals surface area contributed by atoms with Gasteiger partial charge in [0.15, 0.2) is 0 Å². The van der Waals surface area contributed by atoms with E-state index in [2.05, 4.69) is 17.8 Å². The molecule has 0 aromatic heterocycles. The molecule has 0 aliphatic heterocycles. The average molecular weight is 192 g/mol. The van der Waals surface area contributed by atoms with Crippen LogP contribution >= 0.6 is 17.0 Å². The normalized spacial score (nSPS) is 14.1. The Balaban J connectivity index is 3.37. The van der Waals surface area contributed by atoms with Gasteiger partial charge in [0.2, 0.25) is 0 Å². The van der Waals surface area contributed by atoms with Crippen molar-refractivity contribution in [3.63, 3.8) is 0 Å². The van der Waals surface area contributed by atoms with Crippen LogP contribution in [0.2, 0.25) is 0 Å². The van der Waals surface area contributed by atoms with Gasteiger partial charge >= 0.3 is 0 Å². The molecule has 3 nitrogen and oxygen atoms in total. The molecule has 0 N–H and O–H groups in total. The van der Waals surface area contributed by atoms with Crippen LogP contribution in [-0.2, 0) is 4.52 Å². The van der Waals surface area contributed by atoms with Gasteiger partial charge in [-0.1, -0.05) is 0 Å². The molecule has 0 saturated carbocycles. The monoisotopic (exact) mass is 192 g/mol. The molecule has 0 aliphatic carbocycles. The van der Waals surface area contributed by atoms with Crippen molar-refractivity contribution in [3.05, 3.63) is 0 Å². The lowest BCUT2D eigenvalue weighted by atomic mass is 10.5. The smallest absolute Gasteiger partial charge is 0.104 e. The molecule has 0 amide bonds. The zero-order valence-electron chi connectivity index (χ0n) is 7.16. The van der Waals surface area contributed by atoms with E-state index in [1.807, 2.05) is 13.1 Å². The van der Waals surface area contributed by atoms with E-state index >= 15 is 0 Å². The lowest BCUT2D eigenvalue weighted by Crippen LogP contribution is -2.01. The van der Waals surface area contributed by atoms with Crippen LogP contribution in [0.25, 0.3) is 0 Å². The van der Waals surface area contributed by atoms with Gasteiger partial charge in [0.05, 0.1) is 19.1 Å². The van der Waals surface area contributed by atoms with Crippen LogP contribution < -0.4 is 0 Å². The highest BCUT2D eigenvalue weighted by Gasteiger charge is 2.05. The van der Waals surface area contributed by atoms with E-state index in [9.17, 15) is 0 Å². The summed E-state index contributed by atoms with van der Waals surface area (Å²) < 4.78 is 7.58. The molecule has 0 saturated heterocycles. The average Bonchev–Trinajstić information content (AvgIpc) is 2.03. The minimum atomic E-state index is -0.459. The standard InChI is InChI=1S/C6H14N2OP2/c1-8(10-2)11(3)9-6-4-5-7/h10H,4,6H2,1-3H3. The van der Waals surface area contributed by atoms with Crippen molar-refractivity contribution in [1.29, 1.82) is 5.26 Å². The fourth-order valence-corrected chi connectivity index (χ4v) is 2.28. The van der Waals surface area contributed by atoms with E-state index in [1.54, 1.807) is 0 Å². The van der Waals surface area contributed by atoms with Gasteiger partial charge in [0.25, 0.3) is 0 Å². The van der Waals surface area contributed by atoms with Crippen LogP contribution in [0.15, 0.2) is 0 Å². The summed E-state index contributed by atoms with van der Waals surface area (Å²) in [4.78, 5) is 0. The Bertz CT molecular complexity index is 137. The quantitative estimate of drug-likeness (QED) is 0.493. The second-order valence-electron chi connectivity index (χ2n) is 1.95. The topological polar surface area (TPSA) is 36.3 Å². The van der Waals surface area contributed by atoms with E-state index < -0.39 is 8.30 Å². The number of nitrogens with zero attached hydrogens (tertiary/aromatic N) is 2. The molecule has 5 heteroatoms. The van der Waals surface area contributed by atoms with Crippen molar-refractivity contribution < 1.29 is 4.52 Å². The second kappa shape index (κ2) is 6.95. The number of nitriles is 1. The summed E-state index contributed by atoms with van der Waals surface area (Å²) in [7, 11) is 2.36. The molecule has 2 atom stereocenters. The Kier molecular flexibility index (Phi) is 7.12. The van der Waals surface area contributed by atoms with Crippen molar-refractivity contribution in [2.45, 2.75) is 6.42 Å². The molecule has 0 radical (unpaired) electrons. The Hall–Kier alpha value is 0.270. The van der Waals surface area contributed by atoms with Gasteiger partial charge < -0.3 is 4.52 Å². The third-order valence-corrected chi connectivity index (χ3v) is 4.73. The molecule has 64 valence electrons. The molecule has 0 aromatic rings. The fraction of sp³-hybridized carbons (Fsp3) is 0.833. The first-order chi connectivity index (χ1) is 5.22. The molecule has 0 rings (SSSR count). The van der Waals surface area contributed by atoms with E-state index in [0.717, 1.165) is 8.73 Å². The maximum Gasteiger partial charge on any atom is 0.104 e. The van der Waals surface area contributed by atoms with Crippen LogP contribution in [0.3, 0.4) is 0 Å². The first-order valence-electron chi connectivity index (χ1n) is 3.37. The molecule has 0 spiro atoms. The first kappa shape index (κ1) is 11.3. The molecule has 0 bridgehead atoms. The summed E-state index contributed by atoms with van der Waals surface area (Å²) in [5, 5.41) is 8.24. The molecular formula is C6H14N2OP2. The highest BCUT2D eigenvalue weighted by atomic mass is 31.2. The van der Waals surface area contributed by atoms with E-state index in [-0.39, 0.29) is 0 Å². The lowest BCUT2D eigenvalue weighted by Gasteiger charge is -2.21. The summed E-state index contributed by atoms with van der Waals surface area (Å²) in [5.74, 6) is 0. The molecule has 0 fully saturated rings. The Labute approximate surface area is 71.4 Å². The molecule has 0 aliphatic rings. The third kappa shape index (κ3) is 5.53. The van der Waals surface area contributed by atoms with Gasteiger partial charge in [-0.3, -0.25) is 0 Å². The van der Waals surface area contributed by atoms with E-state index in [1.165, 1.54) is 0 Å². The highest BCUT2D eigenvalue weighted by molar-refractivity contribution is 7.59. The zero-order valence-corrected chi connectivity index (χ0v) is 9.06. The molecular weight excluding hydrogens is 178 g/mol. The molecule has 2 unspecified atom stereocenters. The Morgan fingerprint density at radius 1 is 1.73 bits per heavy atom. The van der Waals surface area contributed by atoms with Gasteiger partial charge in [0, 0.05) is 0 Å². The molecule has 0 heterocycles. The van der Waals surface area contributed by atoms with E-state index in [0.29, 0.717) is 13.0 Å². The van der Waals surface area contributed by atoms with E-state index in [4.69, 9.17) is 9.79 Å². The summed E-state index contributed by atoms with van der Waals surface area (Å²) in [6, 6.07) is 2.05. The Morgan fingerprint density at radius 2 is 2.36 bits per heavy atom. The minimum absolute atomic E-state index is 0.459. The Morgan fingerprint density at radius 3 is 2.82 bits per heavy atom. The van der Waals surface area contributed by atoms with Crippen LogP contribution in [0.1, 0.15) is 6.42 Å². The van der Waals surface area contributed by atoms with Crippen LogP contribution in [-0.4, -0.2) is 31.4 Å². The predicted octanol–water partition coefficient (Wildman–Crippen LogP) is 2.01. The lowest BCUT2D eigenvalue weighted by molar-refractivity contribution is 0.351. The summed E-state index contributed by atoms with van der Waals surface area (Å²) in [6.07, 6.45) is 0.493. The highest BCUT2D eigenvalue weighted by Crippen LogP contribution is 2.42. The van der Waals surface area contributed by atoms with Gasteiger partial charge in [0.1, 0.15) is 8.30 Å². The fourth-order valence-electron chi connectivity index (χ4n) is 0.451.